The molecule has 3 rings (SSSR count). The van der Waals surface area contributed by atoms with Gasteiger partial charge in [-0.25, -0.2) is 19.4 Å². The van der Waals surface area contributed by atoms with Crippen molar-refractivity contribution in [1.82, 2.24) is 5.32 Å². The van der Waals surface area contributed by atoms with E-state index in [1.54, 1.807) is 12.1 Å². The van der Waals surface area contributed by atoms with Crippen molar-refractivity contribution in [3.8, 4) is 0 Å². The highest BCUT2D eigenvalue weighted by molar-refractivity contribution is 6.07. The lowest BCUT2D eigenvalue weighted by Crippen LogP contribution is -2.35. The summed E-state index contributed by atoms with van der Waals surface area (Å²) in [5.41, 5.74) is 4.69. The lowest BCUT2D eigenvalue weighted by atomic mass is 9.87. The number of carbonyl (C=O) groups excluding carboxylic acids is 3. The molecule has 0 spiro atoms. The summed E-state index contributed by atoms with van der Waals surface area (Å²) < 4.78 is 5.65. The van der Waals surface area contributed by atoms with Crippen molar-refractivity contribution in [3.63, 3.8) is 0 Å². The fraction of sp³-hybridized carbons (Fsp3) is 0.500. The Kier molecular flexibility index (Phi) is 6.80. The number of esters is 1. The Morgan fingerprint density at radius 3 is 2.60 bits per heavy atom. The van der Waals surface area contributed by atoms with E-state index in [9.17, 15) is 19.2 Å². The van der Waals surface area contributed by atoms with Crippen LogP contribution < -0.4 is 11.1 Å². The molecule has 2 aliphatic rings. The SMILES string of the molecule is NCC1CCC(OC(=O)C2(OOCC(=O)O)c3cccc(C(=O)CNC=O)c32)CC1. The van der Waals surface area contributed by atoms with E-state index in [4.69, 9.17) is 25.4 Å². The third kappa shape index (κ3) is 4.35. The van der Waals surface area contributed by atoms with Crippen molar-refractivity contribution in [2.75, 3.05) is 19.7 Å². The highest BCUT2D eigenvalue weighted by atomic mass is 17.2. The monoisotopic (exact) mass is 420 g/mol. The highest BCUT2D eigenvalue weighted by Crippen LogP contribution is 2.54. The van der Waals surface area contributed by atoms with Crippen LogP contribution in [-0.2, 0) is 34.5 Å². The number of ether oxygens (including phenoxy) is 1. The number of amides is 1. The van der Waals surface area contributed by atoms with Crippen LogP contribution in [0.2, 0.25) is 0 Å². The third-order valence-corrected chi connectivity index (χ3v) is 5.43. The van der Waals surface area contributed by atoms with Gasteiger partial charge in [0.1, 0.15) is 6.10 Å². The molecule has 1 unspecified atom stereocenters. The summed E-state index contributed by atoms with van der Waals surface area (Å²) >= 11 is 0. The van der Waals surface area contributed by atoms with Crippen LogP contribution in [0.5, 0.6) is 0 Å². The summed E-state index contributed by atoms with van der Waals surface area (Å²) in [7, 11) is 0. The molecule has 1 aromatic carbocycles. The maximum Gasteiger partial charge on any atom is 0.351 e. The summed E-state index contributed by atoms with van der Waals surface area (Å²) in [6.07, 6.45) is 3.06. The maximum atomic E-state index is 13.1. The first-order valence-electron chi connectivity index (χ1n) is 9.71. The number of aliphatic carboxylic acids is 1. The fourth-order valence-electron chi connectivity index (χ4n) is 3.82. The van der Waals surface area contributed by atoms with E-state index in [2.05, 4.69) is 5.32 Å². The predicted molar refractivity (Wildman–Crippen MR) is 101 cm³/mol. The predicted octanol–water partition coefficient (Wildman–Crippen LogP) is 0.266. The lowest BCUT2D eigenvalue weighted by Gasteiger charge is -2.28. The Hall–Kier alpha value is -2.82. The number of fused-ring (bicyclic) bond motifs is 1. The van der Waals surface area contributed by atoms with Gasteiger partial charge in [-0.2, -0.15) is 0 Å². The fourth-order valence-corrected chi connectivity index (χ4v) is 3.82. The minimum absolute atomic E-state index is 0.171. The van der Waals surface area contributed by atoms with E-state index in [-0.39, 0.29) is 23.8 Å². The molecular formula is C20H24N2O8. The summed E-state index contributed by atoms with van der Waals surface area (Å²) in [6, 6.07) is 4.64. The summed E-state index contributed by atoms with van der Waals surface area (Å²) in [5.74, 6) is -2.08. The van der Waals surface area contributed by atoms with Gasteiger partial charge in [-0.05, 0) is 38.1 Å². The van der Waals surface area contributed by atoms with Crippen molar-refractivity contribution in [3.05, 3.63) is 34.9 Å². The van der Waals surface area contributed by atoms with Crippen molar-refractivity contribution in [2.45, 2.75) is 37.4 Å². The number of benzene rings is 1. The normalized spacial score (nSPS) is 24.4. The van der Waals surface area contributed by atoms with Crippen LogP contribution in [0.4, 0.5) is 0 Å². The van der Waals surface area contributed by atoms with Crippen LogP contribution in [0.3, 0.4) is 0 Å². The van der Waals surface area contributed by atoms with Crippen LogP contribution in [-0.4, -0.2) is 55.0 Å². The number of nitrogens with one attached hydrogen (secondary N) is 1. The number of carboxylic acid groups (broad SMARTS) is 1. The number of carboxylic acids is 1. The van der Waals surface area contributed by atoms with E-state index >= 15 is 0 Å². The number of hydrogen-bond donors (Lipinski definition) is 3. The Labute approximate surface area is 172 Å². The maximum absolute atomic E-state index is 13.1. The zero-order valence-electron chi connectivity index (χ0n) is 16.3. The molecule has 1 fully saturated rings. The number of ketones is 1. The molecule has 0 heterocycles. The first kappa shape index (κ1) is 21.9. The molecule has 0 aliphatic heterocycles. The van der Waals surface area contributed by atoms with Gasteiger partial charge in [0.25, 0.3) is 5.60 Å². The second-order valence-electron chi connectivity index (χ2n) is 7.35. The van der Waals surface area contributed by atoms with Gasteiger partial charge in [-0.15, -0.1) is 0 Å². The zero-order valence-corrected chi connectivity index (χ0v) is 16.3. The number of nitrogens with two attached hydrogens (primary N) is 1. The number of rotatable bonds is 11. The Morgan fingerprint density at radius 2 is 1.97 bits per heavy atom. The largest absolute Gasteiger partial charge is 0.479 e. The van der Waals surface area contributed by atoms with Crippen molar-refractivity contribution >= 4 is 24.1 Å². The Bertz CT molecular complexity index is 834. The smallest absolute Gasteiger partial charge is 0.351 e. The average Bonchev–Trinajstić information content (AvgIpc) is 3.41. The standard InChI is InChI=1S/C20H24N2O8/c21-8-12-4-6-13(7-5-12)29-19(27)20(30-28-10-17(25)26)15-3-1-2-14(18(15)20)16(24)9-22-11-23/h1-3,11-13H,4-10,21H2,(H,22,23)(H,25,26). The molecule has 10 heteroatoms. The first-order chi connectivity index (χ1) is 14.4. The first-order valence-corrected chi connectivity index (χ1v) is 9.71. The Balaban J connectivity index is 1.79. The second kappa shape index (κ2) is 9.33. The summed E-state index contributed by atoms with van der Waals surface area (Å²) in [4.78, 5) is 56.8. The molecule has 2 aliphatic carbocycles. The molecule has 0 bridgehead atoms. The van der Waals surface area contributed by atoms with E-state index in [0.717, 1.165) is 12.8 Å². The molecule has 0 saturated heterocycles. The number of carbonyl (C=O) groups is 4. The second-order valence-corrected chi connectivity index (χ2v) is 7.35. The van der Waals surface area contributed by atoms with Crippen LogP contribution in [0.1, 0.15) is 47.2 Å². The molecule has 162 valence electrons. The molecule has 1 aromatic rings. The van der Waals surface area contributed by atoms with E-state index in [1.807, 2.05) is 0 Å². The minimum atomic E-state index is -1.80. The molecule has 1 saturated carbocycles. The van der Waals surface area contributed by atoms with E-state index in [1.165, 1.54) is 6.07 Å². The molecule has 4 N–H and O–H groups in total. The molecular weight excluding hydrogens is 396 g/mol. The molecule has 30 heavy (non-hydrogen) atoms. The average molecular weight is 420 g/mol. The van der Waals surface area contributed by atoms with Gasteiger partial charge in [0.15, 0.2) is 12.4 Å². The van der Waals surface area contributed by atoms with Gasteiger partial charge >= 0.3 is 11.9 Å². The van der Waals surface area contributed by atoms with Gasteiger partial charge in [0.05, 0.1) is 6.54 Å². The van der Waals surface area contributed by atoms with E-state index in [0.29, 0.717) is 37.3 Å². The molecule has 0 radical (unpaired) electrons. The molecule has 0 aromatic heterocycles. The van der Waals surface area contributed by atoms with Crippen molar-refractivity contribution in [2.24, 2.45) is 11.7 Å². The van der Waals surface area contributed by atoms with E-state index < -0.39 is 29.9 Å². The van der Waals surface area contributed by atoms with Crippen LogP contribution in [0.15, 0.2) is 18.2 Å². The molecule has 10 nitrogen and oxygen atoms in total. The van der Waals surface area contributed by atoms with Gasteiger partial charge in [0, 0.05) is 16.7 Å². The van der Waals surface area contributed by atoms with Crippen LogP contribution >= 0.6 is 0 Å². The topological polar surface area (TPSA) is 154 Å². The zero-order chi connectivity index (χ0) is 21.7. The molecule has 1 atom stereocenters. The highest BCUT2D eigenvalue weighted by Gasteiger charge is 2.64. The van der Waals surface area contributed by atoms with Crippen molar-refractivity contribution < 1.29 is 38.8 Å². The Morgan fingerprint density at radius 1 is 1.23 bits per heavy atom. The van der Waals surface area contributed by atoms with Crippen LogP contribution in [0.25, 0.3) is 0 Å². The quantitative estimate of drug-likeness (QED) is 0.150. The van der Waals surface area contributed by atoms with Gasteiger partial charge in [-0.3, -0.25) is 9.59 Å². The van der Waals surface area contributed by atoms with Gasteiger partial charge < -0.3 is 20.9 Å². The number of hydrogen-bond acceptors (Lipinski definition) is 8. The summed E-state index contributed by atoms with van der Waals surface area (Å²) in [6.45, 7) is -0.465. The van der Waals surface area contributed by atoms with Gasteiger partial charge in [0.2, 0.25) is 6.41 Å². The van der Waals surface area contributed by atoms with Gasteiger partial charge in [-0.1, -0.05) is 18.2 Å². The van der Waals surface area contributed by atoms with Crippen LogP contribution in [0, 0.1) is 5.92 Å². The molecule has 1 amide bonds. The third-order valence-electron chi connectivity index (χ3n) is 5.43. The minimum Gasteiger partial charge on any atom is -0.479 e. The summed E-state index contributed by atoms with van der Waals surface area (Å²) in [5, 5.41) is 11.1. The van der Waals surface area contributed by atoms with Crippen molar-refractivity contribution in [1.29, 1.82) is 0 Å². The number of Topliss-reactive ketones (excluding diaryl/α,β-unsaturated/α-hetero) is 1. The lowest BCUT2D eigenvalue weighted by molar-refractivity contribution is -0.335.